The van der Waals surface area contributed by atoms with Gasteiger partial charge in [-0.2, -0.15) is 13.2 Å². The molecule has 9 heteroatoms. The lowest BCUT2D eigenvalue weighted by Crippen LogP contribution is -3.11. The molecule has 1 unspecified atom stereocenters. The molecule has 0 aliphatic heterocycles. The molecule has 0 saturated carbocycles. The van der Waals surface area contributed by atoms with E-state index < -0.39 is 18.6 Å². The lowest BCUT2D eigenvalue weighted by Gasteiger charge is -2.15. The van der Waals surface area contributed by atoms with E-state index in [-0.39, 0.29) is 19.0 Å². The van der Waals surface area contributed by atoms with Gasteiger partial charge in [0.15, 0.2) is 13.1 Å². The van der Waals surface area contributed by atoms with Gasteiger partial charge in [0.25, 0.3) is 11.8 Å². The van der Waals surface area contributed by atoms with Gasteiger partial charge in [-0.15, -0.1) is 11.8 Å². The standard InChI is InChI=1S/C14H18F3N3O2S/c1-20(7-12(21)18-9-14(15,16)17)8-13(22)19-10-5-3-4-6-11(10)23-2/h3-6H,7-9H2,1-2H3,(H,18,21)(H,19,22)/p+1. The maximum absolute atomic E-state index is 12.0. The highest BCUT2D eigenvalue weighted by Crippen LogP contribution is 2.24. The van der Waals surface area contributed by atoms with Gasteiger partial charge in [0.2, 0.25) is 0 Å². The number of para-hydroxylation sites is 1. The number of carbonyl (C=O) groups excluding carboxylic acids is 2. The Kier molecular flexibility index (Phi) is 7.37. The Labute approximate surface area is 136 Å². The van der Waals surface area contributed by atoms with Crippen LogP contribution in [0.25, 0.3) is 0 Å². The summed E-state index contributed by atoms with van der Waals surface area (Å²) >= 11 is 1.48. The van der Waals surface area contributed by atoms with Crippen LogP contribution in [0.4, 0.5) is 18.9 Å². The van der Waals surface area contributed by atoms with Crippen molar-refractivity contribution in [3.63, 3.8) is 0 Å². The van der Waals surface area contributed by atoms with E-state index >= 15 is 0 Å². The zero-order chi connectivity index (χ0) is 17.5. The molecular formula is C14H19F3N3O2S+. The average molecular weight is 350 g/mol. The van der Waals surface area contributed by atoms with Crippen LogP contribution in [0.3, 0.4) is 0 Å². The monoisotopic (exact) mass is 350 g/mol. The molecule has 23 heavy (non-hydrogen) atoms. The van der Waals surface area contributed by atoms with Crippen LogP contribution < -0.4 is 15.5 Å². The number of halogens is 3. The van der Waals surface area contributed by atoms with Crippen LogP contribution in [0.15, 0.2) is 29.2 Å². The van der Waals surface area contributed by atoms with Crippen LogP contribution in [0, 0.1) is 0 Å². The molecule has 0 saturated heterocycles. The number of carbonyl (C=O) groups is 2. The fraction of sp³-hybridized carbons (Fsp3) is 0.429. The predicted octanol–water partition coefficient (Wildman–Crippen LogP) is 0.540. The lowest BCUT2D eigenvalue weighted by atomic mass is 10.3. The molecule has 0 aliphatic carbocycles. The summed E-state index contributed by atoms with van der Waals surface area (Å²) < 4.78 is 36.0. The molecule has 0 fully saturated rings. The van der Waals surface area contributed by atoms with Crippen molar-refractivity contribution in [2.75, 3.05) is 38.3 Å². The minimum atomic E-state index is -4.44. The molecule has 0 aliphatic rings. The van der Waals surface area contributed by atoms with Crippen molar-refractivity contribution in [3.8, 4) is 0 Å². The smallest absolute Gasteiger partial charge is 0.342 e. The summed E-state index contributed by atoms with van der Waals surface area (Å²) in [4.78, 5) is 24.7. The zero-order valence-electron chi connectivity index (χ0n) is 12.8. The Morgan fingerprint density at radius 2 is 1.78 bits per heavy atom. The second-order valence-corrected chi connectivity index (χ2v) is 5.80. The highest BCUT2D eigenvalue weighted by molar-refractivity contribution is 7.98. The van der Waals surface area contributed by atoms with Crippen molar-refractivity contribution in [2.24, 2.45) is 0 Å². The summed E-state index contributed by atoms with van der Waals surface area (Å²) in [7, 11) is 1.56. The molecule has 1 atom stereocenters. The summed E-state index contributed by atoms with van der Waals surface area (Å²) in [5.41, 5.74) is 0.666. The number of amides is 2. The fourth-order valence-corrected chi connectivity index (χ4v) is 2.37. The van der Waals surface area contributed by atoms with Gasteiger partial charge in [0.1, 0.15) is 6.54 Å². The summed E-state index contributed by atoms with van der Waals surface area (Å²) in [6.07, 6.45) is -2.56. The van der Waals surface area contributed by atoms with Crippen LogP contribution in [-0.2, 0) is 9.59 Å². The normalized spacial score (nSPS) is 12.6. The number of anilines is 1. The van der Waals surface area contributed by atoms with Crippen molar-refractivity contribution in [1.82, 2.24) is 5.32 Å². The van der Waals surface area contributed by atoms with Gasteiger partial charge >= 0.3 is 6.18 Å². The molecule has 0 heterocycles. The van der Waals surface area contributed by atoms with E-state index in [0.29, 0.717) is 10.6 Å². The number of likely N-dealkylation sites (N-methyl/N-ethyl adjacent to an activating group) is 1. The van der Waals surface area contributed by atoms with E-state index in [0.717, 1.165) is 4.90 Å². The highest BCUT2D eigenvalue weighted by atomic mass is 32.2. The third-order valence-electron chi connectivity index (χ3n) is 2.79. The Balaban J connectivity index is 2.43. The molecule has 2 amide bonds. The van der Waals surface area contributed by atoms with Crippen LogP contribution >= 0.6 is 11.8 Å². The van der Waals surface area contributed by atoms with E-state index in [4.69, 9.17) is 0 Å². The van der Waals surface area contributed by atoms with E-state index in [2.05, 4.69) is 5.32 Å². The first-order chi connectivity index (χ1) is 10.7. The molecule has 128 valence electrons. The van der Waals surface area contributed by atoms with Crippen molar-refractivity contribution in [1.29, 1.82) is 0 Å². The molecule has 0 spiro atoms. The van der Waals surface area contributed by atoms with Gasteiger partial charge in [-0.1, -0.05) is 12.1 Å². The Morgan fingerprint density at radius 1 is 1.17 bits per heavy atom. The summed E-state index contributed by atoms with van der Waals surface area (Å²) in [5.74, 6) is -1.07. The minimum absolute atomic E-state index is 0.0256. The summed E-state index contributed by atoms with van der Waals surface area (Å²) in [5, 5.41) is 4.50. The molecule has 3 N–H and O–H groups in total. The molecular weight excluding hydrogens is 331 g/mol. The Hall–Kier alpha value is -1.74. The van der Waals surface area contributed by atoms with Gasteiger partial charge in [-0.3, -0.25) is 9.59 Å². The minimum Gasteiger partial charge on any atom is -0.342 e. The number of benzene rings is 1. The molecule has 5 nitrogen and oxygen atoms in total. The van der Waals surface area contributed by atoms with Gasteiger partial charge in [-0.25, -0.2) is 0 Å². The zero-order valence-corrected chi connectivity index (χ0v) is 13.6. The van der Waals surface area contributed by atoms with Crippen LogP contribution in [0.5, 0.6) is 0 Å². The summed E-state index contributed by atoms with van der Waals surface area (Å²) in [6, 6.07) is 7.26. The van der Waals surface area contributed by atoms with E-state index in [1.807, 2.05) is 18.4 Å². The second kappa shape index (κ2) is 8.78. The molecule has 0 bridgehead atoms. The highest BCUT2D eigenvalue weighted by Gasteiger charge is 2.28. The van der Waals surface area contributed by atoms with Gasteiger partial charge in [0, 0.05) is 4.90 Å². The first kappa shape index (κ1) is 19.3. The first-order valence-electron chi connectivity index (χ1n) is 6.79. The van der Waals surface area contributed by atoms with Crippen molar-refractivity contribution in [2.45, 2.75) is 11.1 Å². The Morgan fingerprint density at radius 3 is 2.39 bits per heavy atom. The van der Waals surface area contributed by atoms with Crippen molar-refractivity contribution >= 4 is 29.3 Å². The number of hydrogen-bond donors (Lipinski definition) is 3. The average Bonchev–Trinajstić information content (AvgIpc) is 2.44. The van der Waals surface area contributed by atoms with Crippen LogP contribution in [0.2, 0.25) is 0 Å². The third-order valence-corrected chi connectivity index (χ3v) is 3.59. The summed E-state index contributed by atoms with van der Waals surface area (Å²) in [6.45, 7) is -1.61. The molecule has 1 aromatic carbocycles. The number of alkyl halides is 3. The number of quaternary nitrogens is 1. The number of nitrogens with one attached hydrogen (secondary N) is 3. The topological polar surface area (TPSA) is 62.6 Å². The Bertz CT molecular complexity index is 552. The molecule has 0 radical (unpaired) electrons. The van der Waals surface area contributed by atoms with Gasteiger partial charge in [0.05, 0.1) is 12.7 Å². The number of hydrogen-bond acceptors (Lipinski definition) is 3. The molecule has 1 rings (SSSR count). The number of thioether (sulfide) groups is 1. The largest absolute Gasteiger partial charge is 0.405 e. The van der Waals surface area contributed by atoms with Crippen LogP contribution in [-0.4, -0.2) is 50.9 Å². The third kappa shape index (κ3) is 7.89. The van der Waals surface area contributed by atoms with Crippen molar-refractivity contribution < 1.29 is 27.7 Å². The maximum Gasteiger partial charge on any atom is 0.405 e. The van der Waals surface area contributed by atoms with Crippen LogP contribution in [0.1, 0.15) is 0 Å². The molecule has 0 aromatic heterocycles. The van der Waals surface area contributed by atoms with Crippen molar-refractivity contribution in [3.05, 3.63) is 24.3 Å². The van der Waals surface area contributed by atoms with E-state index in [1.54, 1.807) is 24.5 Å². The fourth-order valence-electron chi connectivity index (χ4n) is 1.81. The quantitative estimate of drug-likeness (QED) is 0.629. The van der Waals surface area contributed by atoms with Gasteiger partial charge < -0.3 is 15.5 Å². The van der Waals surface area contributed by atoms with E-state index in [1.165, 1.54) is 11.8 Å². The lowest BCUT2D eigenvalue weighted by molar-refractivity contribution is -0.862. The SMILES string of the molecule is CSc1ccccc1NC(=O)C[NH+](C)CC(=O)NCC(F)(F)F. The predicted molar refractivity (Wildman–Crippen MR) is 82.5 cm³/mol. The van der Waals surface area contributed by atoms with E-state index in [9.17, 15) is 22.8 Å². The number of rotatable bonds is 7. The second-order valence-electron chi connectivity index (χ2n) is 4.95. The first-order valence-corrected chi connectivity index (χ1v) is 8.01. The maximum atomic E-state index is 12.0. The molecule has 1 aromatic rings. The van der Waals surface area contributed by atoms with Gasteiger partial charge in [-0.05, 0) is 18.4 Å².